The van der Waals surface area contributed by atoms with Crippen LogP contribution in [0.4, 0.5) is 0 Å². The Labute approximate surface area is 151 Å². The molecule has 0 unspecified atom stereocenters. The molecule has 0 aliphatic carbocycles. The zero-order valence-electron chi connectivity index (χ0n) is 16.1. The van der Waals surface area contributed by atoms with Crippen molar-refractivity contribution in [3.05, 3.63) is 64.9 Å². The second-order valence-electron chi connectivity index (χ2n) is 6.75. The van der Waals surface area contributed by atoms with Crippen LogP contribution in [0.1, 0.15) is 58.1 Å². The Morgan fingerprint density at radius 3 is 2.64 bits per heavy atom. The van der Waals surface area contributed by atoms with Crippen molar-refractivity contribution in [2.24, 2.45) is 0 Å². The number of hydrogen-bond donors (Lipinski definition) is 0. The van der Waals surface area contributed by atoms with Gasteiger partial charge >= 0.3 is 0 Å². The molecule has 0 saturated carbocycles. The Hall–Kier alpha value is -2.29. The number of benzene rings is 1. The predicted molar refractivity (Wildman–Crippen MR) is 104 cm³/mol. The molecule has 0 radical (unpaired) electrons. The van der Waals surface area contributed by atoms with Crippen LogP contribution in [0.2, 0.25) is 0 Å². The van der Waals surface area contributed by atoms with Crippen molar-refractivity contribution in [1.29, 1.82) is 0 Å². The molecule has 1 aliphatic heterocycles. The molecule has 0 N–H and O–H groups in total. The third kappa shape index (κ3) is 4.04. The molecule has 1 heterocycles. The van der Waals surface area contributed by atoms with Gasteiger partial charge in [0.05, 0.1) is 13.2 Å². The highest BCUT2D eigenvalue weighted by atomic mass is 16.5. The van der Waals surface area contributed by atoms with Crippen molar-refractivity contribution in [1.82, 2.24) is 4.90 Å². The zero-order chi connectivity index (χ0) is 18.6. The second kappa shape index (κ2) is 8.19. The fraction of sp³-hybridized carbons (Fsp3) is 0.409. The number of carbonyl (C=O) groups excluding carboxylic acids is 1. The van der Waals surface area contributed by atoms with Crippen LogP contribution in [0.3, 0.4) is 0 Å². The van der Waals surface area contributed by atoms with Gasteiger partial charge in [-0.05, 0) is 43.4 Å². The number of ether oxygens (including phenoxy) is 1. The molecule has 1 aromatic rings. The van der Waals surface area contributed by atoms with Gasteiger partial charge in [-0.25, -0.2) is 0 Å². The maximum Gasteiger partial charge on any atom is 0.258 e. The van der Waals surface area contributed by atoms with Crippen molar-refractivity contribution in [3.8, 4) is 5.75 Å². The largest absolute Gasteiger partial charge is 0.493 e. The summed E-state index contributed by atoms with van der Waals surface area (Å²) >= 11 is 0. The van der Waals surface area contributed by atoms with Crippen LogP contribution in [-0.4, -0.2) is 17.4 Å². The first-order chi connectivity index (χ1) is 11.9. The van der Waals surface area contributed by atoms with Gasteiger partial charge in [0.25, 0.3) is 5.91 Å². The summed E-state index contributed by atoms with van der Waals surface area (Å²) in [5.74, 6) is 1.31. The summed E-state index contributed by atoms with van der Waals surface area (Å²) in [6.45, 7) is 15.6. The van der Waals surface area contributed by atoms with E-state index in [4.69, 9.17) is 4.74 Å². The predicted octanol–water partition coefficient (Wildman–Crippen LogP) is 5.35. The number of carbonyl (C=O) groups is 1. The van der Waals surface area contributed by atoms with Gasteiger partial charge in [-0.2, -0.15) is 0 Å². The van der Waals surface area contributed by atoms with E-state index < -0.39 is 0 Å². The van der Waals surface area contributed by atoms with E-state index in [1.165, 1.54) is 5.56 Å². The standard InChI is InChI=1S/C22H29NO2/c1-7-9-20-16(5)17(6)23(22(20)24)14-19-11-10-18(15(3)4)13-21(19)25-12-8-2/h7,9-11,13,15H,6,8,12,14H2,1-5H3/b9-7-. The molecular formula is C22H29NO2. The lowest BCUT2D eigenvalue weighted by molar-refractivity contribution is -0.124. The van der Waals surface area contributed by atoms with Crippen LogP contribution in [0, 0.1) is 0 Å². The highest BCUT2D eigenvalue weighted by Gasteiger charge is 2.30. The van der Waals surface area contributed by atoms with E-state index in [9.17, 15) is 4.79 Å². The van der Waals surface area contributed by atoms with Crippen LogP contribution < -0.4 is 4.74 Å². The van der Waals surface area contributed by atoms with E-state index in [1.54, 1.807) is 4.90 Å². The molecule has 0 fully saturated rings. The Morgan fingerprint density at radius 1 is 1.32 bits per heavy atom. The summed E-state index contributed by atoms with van der Waals surface area (Å²) in [4.78, 5) is 14.5. The van der Waals surface area contributed by atoms with E-state index >= 15 is 0 Å². The van der Waals surface area contributed by atoms with E-state index in [-0.39, 0.29) is 5.91 Å². The Bertz CT molecular complexity index is 726. The van der Waals surface area contributed by atoms with Crippen molar-refractivity contribution >= 4 is 5.91 Å². The number of nitrogens with zero attached hydrogens (tertiary/aromatic N) is 1. The van der Waals surface area contributed by atoms with Crippen LogP contribution in [0.5, 0.6) is 5.75 Å². The van der Waals surface area contributed by atoms with E-state index in [0.29, 0.717) is 19.1 Å². The quantitative estimate of drug-likeness (QED) is 0.670. The first-order valence-corrected chi connectivity index (χ1v) is 9.01. The van der Waals surface area contributed by atoms with Gasteiger partial charge in [-0.3, -0.25) is 4.79 Å². The number of amides is 1. The van der Waals surface area contributed by atoms with Crippen molar-refractivity contribution in [2.75, 3.05) is 6.61 Å². The third-order valence-electron chi connectivity index (χ3n) is 4.52. The van der Waals surface area contributed by atoms with Crippen molar-refractivity contribution < 1.29 is 9.53 Å². The highest BCUT2D eigenvalue weighted by Crippen LogP contribution is 2.33. The topological polar surface area (TPSA) is 29.5 Å². The molecule has 2 rings (SSSR count). The molecule has 3 nitrogen and oxygen atoms in total. The molecule has 25 heavy (non-hydrogen) atoms. The zero-order valence-corrected chi connectivity index (χ0v) is 16.1. The molecular weight excluding hydrogens is 310 g/mol. The first-order valence-electron chi connectivity index (χ1n) is 9.01. The van der Waals surface area contributed by atoms with Crippen LogP contribution in [0.15, 0.2) is 53.8 Å². The van der Waals surface area contributed by atoms with Gasteiger partial charge < -0.3 is 9.64 Å². The van der Waals surface area contributed by atoms with Gasteiger partial charge in [0.15, 0.2) is 0 Å². The summed E-state index contributed by atoms with van der Waals surface area (Å²) in [7, 11) is 0. The van der Waals surface area contributed by atoms with E-state index in [0.717, 1.165) is 34.6 Å². The molecule has 1 aliphatic rings. The normalized spacial score (nSPS) is 15.2. The van der Waals surface area contributed by atoms with Gasteiger partial charge in [0, 0.05) is 16.8 Å². The smallest absolute Gasteiger partial charge is 0.258 e. The monoisotopic (exact) mass is 339 g/mol. The second-order valence-corrected chi connectivity index (χ2v) is 6.75. The van der Waals surface area contributed by atoms with Crippen LogP contribution in [-0.2, 0) is 11.3 Å². The molecule has 0 saturated heterocycles. The van der Waals surface area contributed by atoms with Crippen molar-refractivity contribution in [2.45, 2.75) is 53.5 Å². The minimum atomic E-state index is 0.00924. The average Bonchev–Trinajstić information content (AvgIpc) is 2.79. The summed E-state index contributed by atoms with van der Waals surface area (Å²) in [5, 5.41) is 0. The summed E-state index contributed by atoms with van der Waals surface area (Å²) in [6, 6.07) is 6.30. The number of rotatable bonds is 7. The highest BCUT2D eigenvalue weighted by molar-refractivity contribution is 6.02. The van der Waals surface area contributed by atoms with Gasteiger partial charge in [-0.15, -0.1) is 0 Å². The van der Waals surface area contributed by atoms with Gasteiger partial charge in [-0.1, -0.05) is 51.6 Å². The lowest BCUT2D eigenvalue weighted by Crippen LogP contribution is -2.25. The van der Waals surface area contributed by atoms with Crippen LogP contribution >= 0.6 is 0 Å². The van der Waals surface area contributed by atoms with Gasteiger partial charge in [0.2, 0.25) is 0 Å². The maximum atomic E-state index is 12.7. The van der Waals surface area contributed by atoms with Gasteiger partial charge in [0.1, 0.15) is 5.75 Å². The first kappa shape index (κ1) is 19.0. The SMILES string of the molecule is C=C1C(C)=C(/C=C\C)C(=O)N1Cc1ccc(C(C)C)cc1OCCC. The Morgan fingerprint density at radius 2 is 2.04 bits per heavy atom. The maximum absolute atomic E-state index is 12.7. The Balaban J connectivity index is 2.31. The van der Waals surface area contributed by atoms with Crippen molar-refractivity contribution in [3.63, 3.8) is 0 Å². The summed E-state index contributed by atoms with van der Waals surface area (Å²) < 4.78 is 5.96. The third-order valence-corrected chi connectivity index (χ3v) is 4.52. The molecule has 1 aromatic carbocycles. The molecule has 134 valence electrons. The average molecular weight is 339 g/mol. The fourth-order valence-electron chi connectivity index (χ4n) is 2.89. The number of allylic oxidation sites excluding steroid dienone is 2. The Kier molecular flexibility index (Phi) is 6.24. The van der Waals surface area contributed by atoms with E-state index in [2.05, 4.69) is 45.5 Å². The number of hydrogen-bond acceptors (Lipinski definition) is 2. The lowest BCUT2D eigenvalue weighted by Gasteiger charge is -2.21. The molecule has 0 aromatic heterocycles. The summed E-state index contributed by atoms with van der Waals surface area (Å²) in [6.07, 6.45) is 4.70. The minimum Gasteiger partial charge on any atom is -0.493 e. The van der Waals surface area contributed by atoms with E-state index in [1.807, 2.05) is 26.0 Å². The summed E-state index contributed by atoms with van der Waals surface area (Å²) in [5.41, 5.74) is 4.69. The molecule has 0 atom stereocenters. The molecule has 1 amide bonds. The molecule has 0 bridgehead atoms. The van der Waals surface area contributed by atoms with Crippen LogP contribution in [0.25, 0.3) is 0 Å². The minimum absolute atomic E-state index is 0.00924. The molecule has 3 heteroatoms. The fourth-order valence-corrected chi connectivity index (χ4v) is 2.89. The lowest BCUT2D eigenvalue weighted by atomic mass is 10.0. The molecule has 0 spiro atoms.